The van der Waals surface area contributed by atoms with Gasteiger partial charge in [-0.25, -0.2) is 0 Å². The summed E-state index contributed by atoms with van der Waals surface area (Å²) < 4.78 is 0. The molecule has 1 N–H and O–H groups in total. The van der Waals surface area contributed by atoms with E-state index in [1.807, 2.05) is 0 Å². The summed E-state index contributed by atoms with van der Waals surface area (Å²) >= 11 is 0. The third-order valence-electron chi connectivity index (χ3n) is 3.47. The lowest BCUT2D eigenvalue weighted by atomic mass is 9.69. The molecule has 1 aliphatic carbocycles. The number of hydrogen-bond acceptors (Lipinski definition) is 1. The van der Waals surface area contributed by atoms with Crippen LogP contribution in [-0.2, 0) is 0 Å². The van der Waals surface area contributed by atoms with Crippen LogP contribution in [0.2, 0.25) is 0 Å². The Labute approximate surface area is 87.5 Å². The molecule has 1 nitrogen and oxygen atoms in total. The Hall–Kier alpha value is -0.560. The summed E-state index contributed by atoms with van der Waals surface area (Å²) in [6.07, 6.45) is 3.66. The van der Waals surface area contributed by atoms with Crippen LogP contribution in [0.15, 0.2) is 24.3 Å². The van der Waals surface area contributed by atoms with Gasteiger partial charge in [0.2, 0.25) is 0 Å². The van der Waals surface area contributed by atoms with Crippen molar-refractivity contribution in [2.45, 2.75) is 33.1 Å². The first kappa shape index (κ1) is 11.5. The molecule has 1 saturated carbocycles. The summed E-state index contributed by atoms with van der Waals surface area (Å²) in [7, 11) is 0. The van der Waals surface area contributed by atoms with Gasteiger partial charge in [-0.1, -0.05) is 32.1 Å². The summed E-state index contributed by atoms with van der Waals surface area (Å²) in [5.41, 5.74) is 2.24. The van der Waals surface area contributed by atoms with E-state index in [4.69, 9.17) is 5.11 Å². The first-order chi connectivity index (χ1) is 6.56. The lowest BCUT2D eigenvalue weighted by Gasteiger charge is -2.36. The van der Waals surface area contributed by atoms with Gasteiger partial charge in [0.05, 0.1) is 6.61 Å². The second kappa shape index (κ2) is 4.79. The van der Waals surface area contributed by atoms with Gasteiger partial charge in [0.25, 0.3) is 0 Å². The highest BCUT2D eigenvalue weighted by Gasteiger charge is 2.30. The van der Waals surface area contributed by atoms with E-state index >= 15 is 0 Å². The molecule has 0 spiro atoms. The molecule has 80 valence electrons. The Balaban J connectivity index is 2.73. The Morgan fingerprint density at radius 2 is 1.93 bits per heavy atom. The minimum atomic E-state index is 0.126. The lowest BCUT2D eigenvalue weighted by molar-refractivity contribution is 0.220. The normalized spacial score (nSPS) is 32.6. The van der Waals surface area contributed by atoms with Crippen LogP contribution in [0.4, 0.5) is 0 Å². The van der Waals surface area contributed by atoms with Crippen LogP contribution in [0.5, 0.6) is 0 Å². The quantitative estimate of drug-likeness (QED) is 0.684. The highest BCUT2D eigenvalue weighted by atomic mass is 16.3. The summed E-state index contributed by atoms with van der Waals surface area (Å²) in [5.74, 6) is 1.77. The second-order valence-electron chi connectivity index (χ2n) is 4.79. The molecular weight excluding hydrogens is 172 g/mol. The van der Waals surface area contributed by atoms with Crippen LogP contribution in [0.1, 0.15) is 33.1 Å². The number of rotatable bonds is 3. The van der Waals surface area contributed by atoms with Crippen molar-refractivity contribution in [1.82, 2.24) is 0 Å². The summed E-state index contributed by atoms with van der Waals surface area (Å²) in [6, 6.07) is 0. The molecule has 0 radical (unpaired) electrons. The number of aliphatic hydroxyl groups excluding tert-OH is 1. The average molecular weight is 194 g/mol. The lowest BCUT2D eigenvalue weighted by Crippen LogP contribution is -2.26. The SMILES string of the molecule is C=C(C)[C@H]1CC[C@H](C)C[C@@H]1C(=C)CO. The number of aliphatic hydroxyl groups is 1. The summed E-state index contributed by atoms with van der Waals surface area (Å²) in [5, 5.41) is 9.14. The van der Waals surface area contributed by atoms with Gasteiger partial charge in [0, 0.05) is 0 Å². The third kappa shape index (κ3) is 2.48. The Bertz CT molecular complexity index is 229. The molecule has 0 aromatic heterocycles. The van der Waals surface area contributed by atoms with Gasteiger partial charge in [-0.3, -0.25) is 0 Å². The van der Waals surface area contributed by atoms with Gasteiger partial charge in [-0.15, -0.1) is 0 Å². The maximum Gasteiger partial charge on any atom is 0.0642 e. The van der Waals surface area contributed by atoms with E-state index < -0.39 is 0 Å². The fourth-order valence-electron chi connectivity index (χ4n) is 2.54. The van der Waals surface area contributed by atoms with Crippen molar-refractivity contribution in [1.29, 1.82) is 0 Å². The molecule has 1 aliphatic rings. The maximum absolute atomic E-state index is 9.14. The molecule has 0 aromatic rings. The van der Waals surface area contributed by atoms with Crippen molar-refractivity contribution in [3.8, 4) is 0 Å². The highest BCUT2D eigenvalue weighted by molar-refractivity contribution is 5.12. The molecule has 14 heavy (non-hydrogen) atoms. The molecule has 0 aliphatic heterocycles. The van der Waals surface area contributed by atoms with E-state index in [2.05, 4.69) is 27.0 Å². The fraction of sp³-hybridized carbons (Fsp3) is 0.692. The van der Waals surface area contributed by atoms with Gasteiger partial charge in [0.1, 0.15) is 0 Å². The van der Waals surface area contributed by atoms with E-state index in [1.165, 1.54) is 18.4 Å². The molecule has 0 amide bonds. The molecule has 0 unspecified atom stereocenters. The average Bonchev–Trinajstić information content (AvgIpc) is 2.16. The smallest absolute Gasteiger partial charge is 0.0642 e. The molecule has 1 heteroatoms. The molecule has 0 saturated heterocycles. The fourth-order valence-corrected chi connectivity index (χ4v) is 2.54. The molecular formula is C13H22O. The van der Waals surface area contributed by atoms with Crippen LogP contribution >= 0.6 is 0 Å². The van der Waals surface area contributed by atoms with Gasteiger partial charge >= 0.3 is 0 Å². The Morgan fingerprint density at radius 3 is 2.43 bits per heavy atom. The first-order valence-corrected chi connectivity index (χ1v) is 5.50. The number of allylic oxidation sites excluding steroid dienone is 1. The zero-order valence-corrected chi connectivity index (χ0v) is 9.42. The monoisotopic (exact) mass is 194 g/mol. The van der Waals surface area contributed by atoms with Crippen molar-refractivity contribution >= 4 is 0 Å². The molecule has 0 bridgehead atoms. The van der Waals surface area contributed by atoms with Crippen molar-refractivity contribution in [2.24, 2.45) is 17.8 Å². The van der Waals surface area contributed by atoms with Crippen molar-refractivity contribution in [3.63, 3.8) is 0 Å². The van der Waals surface area contributed by atoms with Crippen LogP contribution in [0.3, 0.4) is 0 Å². The minimum Gasteiger partial charge on any atom is -0.392 e. The number of hydrogen-bond donors (Lipinski definition) is 1. The van der Waals surface area contributed by atoms with Gasteiger partial charge < -0.3 is 5.11 Å². The zero-order valence-electron chi connectivity index (χ0n) is 9.42. The second-order valence-corrected chi connectivity index (χ2v) is 4.79. The van der Waals surface area contributed by atoms with E-state index in [0.29, 0.717) is 11.8 Å². The standard InChI is InChI=1S/C13H22O/c1-9(2)12-6-5-10(3)7-13(12)11(4)8-14/h10,12-14H,1,4-8H2,2-3H3/t10-,12+,13+/m0/s1. The molecule has 3 atom stereocenters. The van der Waals surface area contributed by atoms with Crippen LogP contribution < -0.4 is 0 Å². The van der Waals surface area contributed by atoms with E-state index in [-0.39, 0.29) is 6.61 Å². The van der Waals surface area contributed by atoms with Crippen LogP contribution in [0.25, 0.3) is 0 Å². The molecule has 1 fully saturated rings. The molecule has 0 aromatic carbocycles. The van der Waals surface area contributed by atoms with Crippen molar-refractivity contribution in [3.05, 3.63) is 24.3 Å². The Morgan fingerprint density at radius 1 is 1.29 bits per heavy atom. The van der Waals surface area contributed by atoms with Crippen LogP contribution in [0, 0.1) is 17.8 Å². The zero-order chi connectivity index (χ0) is 10.7. The van der Waals surface area contributed by atoms with Crippen molar-refractivity contribution in [2.75, 3.05) is 6.61 Å². The van der Waals surface area contributed by atoms with Gasteiger partial charge in [-0.2, -0.15) is 0 Å². The summed E-state index contributed by atoms with van der Waals surface area (Å²) in [6.45, 7) is 12.5. The first-order valence-electron chi connectivity index (χ1n) is 5.50. The van der Waals surface area contributed by atoms with Gasteiger partial charge in [0.15, 0.2) is 0 Å². The van der Waals surface area contributed by atoms with Crippen molar-refractivity contribution < 1.29 is 5.11 Å². The molecule has 0 heterocycles. The van der Waals surface area contributed by atoms with Gasteiger partial charge in [-0.05, 0) is 43.1 Å². The van der Waals surface area contributed by atoms with E-state index in [1.54, 1.807) is 0 Å². The maximum atomic E-state index is 9.14. The Kier molecular flexibility index (Phi) is 3.94. The minimum absolute atomic E-state index is 0.126. The largest absolute Gasteiger partial charge is 0.392 e. The third-order valence-corrected chi connectivity index (χ3v) is 3.47. The topological polar surface area (TPSA) is 20.2 Å². The highest BCUT2D eigenvalue weighted by Crippen LogP contribution is 2.40. The summed E-state index contributed by atoms with van der Waals surface area (Å²) in [4.78, 5) is 0. The molecule has 1 rings (SSSR count). The predicted octanol–water partition coefficient (Wildman–Crippen LogP) is 3.16. The predicted molar refractivity (Wildman–Crippen MR) is 61.0 cm³/mol. The van der Waals surface area contributed by atoms with E-state index in [9.17, 15) is 0 Å². The van der Waals surface area contributed by atoms with Crippen LogP contribution in [-0.4, -0.2) is 11.7 Å². The van der Waals surface area contributed by atoms with E-state index in [0.717, 1.165) is 17.9 Å².